The summed E-state index contributed by atoms with van der Waals surface area (Å²) in [5.74, 6) is -2.07. The molecule has 0 unspecified atom stereocenters. The molecule has 0 spiro atoms. The van der Waals surface area contributed by atoms with E-state index >= 15 is 0 Å². The minimum absolute atomic E-state index is 0.0577. The normalized spacial score (nSPS) is 13.5. The summed E-state index contributed by atoms with van der Waals surface area (Å²) in [6, 6.07) is 14.0. The average molecular weight is 691 g/mol. The van der Waals surface area contributed by atoms with Crippen molar-refractivity contribution in [1.29, 1.82) is 0 Å². The van der Waals surface area contributed by atoms with Crippen LogP contribution in [0.3, 0.4) is 0 Å². The molecule has 1 heterocycles. The number of amides is 1. The van der Waals surface area contributed by atoms with Gasteiger partial charge in [0.25, 0.3) is 5.91 Å². The van der Waals surface area contributed by atoms with Crippen LogP contribution in [0.5, 0.6) is 0 Å². The molecule has 1 amide bonds. The van der Waals surface area contributed by atoms with Gasteiger partial charge in [0.05, 0.1) is 24.0 Å². The maximum Gasteiger partial charge on any atom is 0.416 e. The molecule has 0 saturated heterocycles. The van der Waals surface area contributed by atoms with E-state index in [-0.39, 0.29) is 30.0 Å². The lowest BCUT2D eigenvalue weighted by Gasteiger charge is -2.18. The topological polar surface area (TPSA) is 107 Å². The Hall–Kier alpha value is -3.75. The van der Waals surface area contributed by atoms with Gasteiger partial charge in [-0.2, -0.15) is 26.3 Å². The van der Waals surface area contributed by atoms with Crippen LogP contribution in [0.25, 0.3) is 0 Å². The molecular weight excluding hydrogens is 662 g/mol. The molecule has 0 saturated carbocycles. The molecule has 0 aliphatic carbocycles. The average Bonchev–Trinajstić information content (AvgIpc) is 3.19. The number of benzene rings is 3. The van der Waals surface area contributed by atoms with Crippen molar-refractivity contribution in [2.75, 3.05) is 13.1 Å². The van der Waals surface area contributed by atoms with Crippen molar-refractivity contribution in [3.8, 4) is 0 Å². The molecule has 0 atom stereocenters. The van der Waals surface area contributed by atoms with E-state index in [1.807, 2.05) is 12.1 Å². The molecule has 0 bridgehead atoms. The quantitative estimate of drug-likeness (QED) is 0.158. The van der Waals surface area contributed by atoms with E-state index in [0.29, 0.717) is 17.9 Å². The van der Waals surface area contributed by atoms with Crippen LogP contribution in [0.4, 0.5) is 26.3 Å². The van der Waals surface area contributed by atoms with Gasteiger partial charge in [0.2, 0.25) is 0 Å². The smallest absolute Gasteiger partial charge is 0.416 e. The number of hydrogen-bond acceptors (Lipinski definition) is 5. The van der Waals surface area contributed by atoms with Crippen molar-refractivity contribution in [2.45, 2.75) is 50.3 Å². The zero-order valence-electron chi connectivity index (χ0n) is 24.1. The molecule has 7 nitrogen and oxygen atoms in total. The molecule has 4 rings (SSSR count). The Labute approximate surface area is 269 Å². The summed E-state index contributed by atoms with van der Waals surface area (Å²) in [4.78, 5) is 31.8. The van der Waals surface area contributed by atoms with Gasteiger partial charge in [-0.05, 0) is 77.6 Å². The third-order valence-electron chi connectivity index (χ3n) is 6.71. The Bertz CT molecular complexity index is 1490. The fraction of sp³-hybridized carbons (Fsp3) is 0.323. The minimum atomic E-state index is -4.95. The number of alkyl halides is 6. The highest BCUT2D eigenvalue weighted by Crippen LogP contribution is 2.36. The van der Waals surface area contributed by atoms with Gasteiger partial charge in [-0.15, -0.1) is 0 Å². The van der Waals surface area contributed by atoms with Gasteiger partial charge in [-0.25, -0.2) is 4.31 Å². The van der Waals surface area contributed by atoms with Crippen molar-refractivity contribution >= 4 is 41.4 Å². The Morgan fingerprint density at radius 2 is 1.30 bits per heavy atom. The zero-order valence-corrected chi connectivity index (χ0v) is 25.6. The second-order valence-corrected chi connectivity index (χ2v) is 11.7. The number of halogens is 7. The van der Waals surface area contributed by atoms with Crippen LogP contribution in [-0.4, -0.2) is 45.5 Å². The highest BCUT2D eigenvalue weighted by Gasteiger charge is 2.36. The summed E-state index contributed by atoms with van der Waals surface area (Å²) >= 11 is 7.79. The molecule has 46 heavy (non-hydrogen) atoms. The van der Waals surface area contributed by atoms with Crippen molar-refractivity contribution in [2.24, 2.45) is 0 Å². The summed E-state index contributed by atoms with van der Waals surface area (Å²) in [7, 11) is 0. The van der Waals surface area contributed by atoms with E-state index in [4.69, 9.17) is 21.8 Å². The van der Waals surface area contributed by atoms with Gasteiger partial charge < -0.3 is 15.5 Å². The van der Waals surface area contributed by atoms with Gasteiger partial charge in [0.1, 0.15) is 0 Å². The molecule has 248 valence electrons. The van der Waals surface area contributed by atoms with Crippen molar-refractivity contribution in [1.82, 2.24) is 9.62 Å². The van der Waals surface area contributed by atoms with Crippen LogP contribution in [-0.2, 0) is 47.1 Å². The van der Waals surface area contributed by atoms with Crippen LogP contribution in [0.1, 0.15) is 56.6 Å². The molecule has 1 aliphatic rings. The number of nitrogens with zero attached hydrogens (tertiary/aromatic N) is 1. The third-order valence-corrected chi connectivity index (χ3v) is 8.14. The molecule has 3 aromatic carbocycles. The fourth-order valence-corrected chi connectivity index (χ4v) is 5.50. The minimum Gasteiger partial charge on any atom is -0.481 e. The lowest BCUT2D eigenvalue weighted by Crippen LogP contribution is -2.23. The van der Waals surface area contributed by atoms with Gasteiger partial charge in [0.15, 0.2) is 0 Å². The highest BCUT2D eigenvalue weighted by atomic mass is 35.5. The van der Waals surface area contributed by atoms with Crippen molar-refractivity contribution < 1.29 is 50.9 Å². The predicted octanol–water partition coefficient (Wildman–Crippen LogP) is 7.49. The number of fused-ring (bicyclic) bond motifs is 1. The monoisotopic (exact) mass is 690 g/mol. The predicted molar refractivity (Wildman–Crippen MR) is 160 cm³/mol. The summed E-state index contributed by atoms with van der Waals surface area (Å²) in [5, 5.41) is 18.9. The molecule has 0 radical (unpaired) electrons. The number of carboxylic acids is 2. The van der Waals surface area contributed by atoms with Gasteiger partial charge in [0, 0.05) is 36.0 Å². The van der Waals surface area contributed by atoms with Crippen LogP contribution >= 0.6 is 23.5 Å². The van der Waals surface area contributed by atoms with E-state index in [1.54, 1.807) is 36.2 Å². The molecule has 3 aromatic rings. The molecule has 15 heteroatoms. The number of carbonyl (C=O) groups is 3. The summed E-state index contributed by atoms with van der Waals surface area (Å²) in [5.41, 5.74) is 0.651. The molecule has 1 aliphatic heterocycles. The lowest BCUT2D eigenvalue weighted by molar-refractivity contribution is -0.143. The first-order chi connectivity index (χ1) is 21.5. The van der Waals surface area contributed by atoms with E-state index in [9.17, 15) is 40.7 Å². The molecule has 0 aromatic heterocycles. The summed E-state index contributed by atoms with van der Waals surface area (Å²) < 4.78 is 80.6. The highest BCUT2D eigenvalue weighted by molar-refractivity contribution is 7.96. The largest absolute Gasteiger partial charge is 0.481 e. The van der Waals surface area contributed by atoms with Crippen LogP contribution < -0.4 is 5.32 Å². The summed E-state index contributed by atoms with van der Waals surface area (Å²) in [6.45, 7) is 1.29. The lowest BCUT2D eigenvalue weighted by atomic mass is 10.0. The number of carbonyl (C=O) groups excluding carboxylic acids is 1. The fourth-order valence-electron chi connectivity index (χ4n) is 4.34. The standard InChI is InChI=1S/C27H23ClF6N2OS.C4H6O4/c28-24-6-5-19-7-9-36(10-8-21(19)13-24)38-16-17-1-3-20(4-2-17)25(37)35-15-18-11-22(26(29,30)31)14-23(12-18)27(32,33)34;5-3(6)1-2-4(7)8/h1-6,11-14H,7-10,15-16H2,(H,35,37);1-2H2,(H,5,6)(H,7,8). The number of carboxylic acid groups (broad SMARTS) is 2. The first-order valence-corrected chi connectivity index (χ1v) is 15.1. The SMILES string of the molecule is O=C(NCc1cc(C(F)(F)F)cc(C(F)(F)F)c1)c1ccc(CSN2CCc3ccc(Cl)cc3CC2)cc1.O=C(O)CCC(=O)O. The zero-order chi connectivity index (χ0) is 34.1. The Balaban J connectivity index is 0.000000637. The Morgan fingerprint density at radius 3 is 1.83 bits per heavy atom. The first kappa shape index (κ1) is 36.7. The van der Waals surface area contributed by atoms with Gasteiger partial charge in [-0.1, -0.05) is 41.7 Å². The van der Waals surface area contributed by atoms with E-state index in [2.05, 4.69) is 15.7 Å². The number of aliphatic carboxylic acids is 2. The molecule has 3 N–H and O–H groups in total. The molecule has 0 fully saturated rings. The van der Waals surface area contributed by atoms with E-state index in [0.717, 1.165) is 36.5 Å². The second-order valence-electron chi connectivity index (χ2n) is 10.2. The van der Waals surface area contributed by atoms with Gasteiger partial charge in [-0.3, -0.25) is 14.4 Å². The van der Waals surface area contributed by atoms with Crippen LogP contribution in [0, 0.1) is 0 Å². The summed E-state index contributed by atoms with van der Waals surface area (Å²) in [6.07, 6.45) is -8.66. The number of nitrogens with one attached hydrogen (secondary N) is 1. The van der Waals surface area contributed by atoms with Gasteiger partial charge >= 0.3 is 24.3 Å². The molecular formula is C31H29ClF6N2O5S. The third kappa shape index (κ3) is 11.9. The van der Waals surface area contributed by atoms with E-state index < -0.39 is 47.9 Å². The van der Waals surface area contributed by atoms with Crippen LogP contribution in [0.15, 0.2) is 60.7 Å². The van der Waals surface area contributed by atoms with E-state index in [1.165, 1.54) is 11.1 Å². The van der Waals surface area contributed by atoms with Crippen molar-refractivity contribution in [3.05, 3.63) is 105 Å². The first-order valence-electron chi connectivity index (χ1n) is 13.8. The van der Waals surface area contributed by atoms with Crippen LogP contribution in [0.2, 0.25) is 5.02 Å². The van der Waals surface area contributed by atoms with Crippen molar-refractivity contribution in [3.63, 3.8) is 0 Å². The maximum atomic E-state index is 13.1. The second kappa shape index (κ2) is 16.2. The number of hydrogen-bond donors (Lipinski definition) is 3. The Morgan fingerprint density at radius 1 is 0.761 bits per heavy atom. The Kier molecular flexibility index (Phi) is 12.9. The number of rotatable bonds is 9. The maximum absolute atomic E-state index is 13.1.